The molecule has 0 bridgehead atoms. The van der Waals surface area contributed by atoms with Gasteiger partial charge in [0.25, 0.3) is 0 Å². The van der Waals surface area contributed by atoms with Crippen LogP contribution >= 0.6 is 15.9 Å². The third kappa shape index (κ3) is 4.97. The topological polar surface area (TPSA) is 30.5 Å². The highest BCUT2D eigenvalue weighted by Crippen LogP contribution is 2.31. The van der Waals surface area contributed by atoms with Gasteiger partial charge in [-0.05, 0) is 56.3 Å². The molecule has 2 rings (SSSR count). The maximum absolute atomic E-state index is 5.85. The monoisotopic (exact) mass is 355 g/mol. The van der Waals surface area contributed by atoms with Gasteiger partial charge in [0, 0.05) is 17.1 Å². The van der Waals surface area contributed by atoms with Crippen LogP contribution in [-0.4, -0.2) is 26.4 Å². The van der Waals surface area contributed by atoms with Crippen molar-refractivity contribution >= 4 is 15.9 Å². The van der Waals surface area contributed by atoms with E-state index in [0.717, 1.165) is 36.2 Å². The normalized spacial score (nSPS) is 20.2. The van der Waals surface area contributed by atoms with Gasteiger partial charge in [-0.25, -0.2) is 0 Å². The van der Waals surface area contributed by atoms with E-state index in [1.54, 1.807) is 7.11 Å². The van der Waals surface area contributed by atoms with Gasteiger partial charge >= 0.3 is 0 Å². The van der Waals surface area contributed by atoms with Crippen molar-refractivity contribution in [3.63, 3.8) is 0 Å². The third-order valence-electron chi connectivity index (χ3n) is 4.08. The highest BCUT2D eigenvalue weighted by atomic mass is 79.9. The Labute approximate surface area is 136 Å². The molecule has 3 nitrogen and oxygen atoms in total. The summed E-state index contributed by atoms with van der Waals surface area (Å²) in [6.45, 7) is 4.05. The zero-order valence-electron chi connectivity index (χ0n) is 13.0. The summed E-state index contributed by atoms with van der Waals surface area (Å²) in [6, 6.07) is 6.58. The van der Waals surface area contributed by atoms with Gasteiger partial charge in [0.2, 0.25) is 0 Å². The molecule has 0 spiro atoms. The highest BCUT2D eigenvalue weighted by molar-refractivity contribution is 9.10. The molecule has 1 aliphatic heterocycles. The Balaban J connectivity index is 2.00. The summed E-state index contributed by atoms with van der Waals surface area (Å²) >= 11 is 3.67. The first-order valence-electron chi connectivity index (χ1n) is 7.93. The fourth-order valence-electron chi connectivity index (χ4n) is 2.92. The summed E-state index contributed by atoms with van der Waals surface area (Å²) in [6.07, 6.45) is 6.40. The number of methoxy groups -OCH3 is 1. The standard InChI is InChI=1S/C17H26BrNO2/c1-3-19-17(10-8-13-6-4-5-11-21-13)15-9-7-14(20-2)12-16(15)18/h7,9,12-13,17,19H,3-6,8,10-11H2,1-2H3. The van der Waals surface area contributed by atoms with Crippen molar-refractivity contribution in [3.8, 4) is 5.75 Å². The second-order valence-corrected chi connectivity index (χ2v) is 6.42. The first-order chi connectivity index (χ1) is 10.2. The van der Waals surface area contributed by atoms with Crippen molar-refractivity contribution in [3.05, 3.63) is 28.2 Å². The zero-order valence-corrected chi connectivity index (χ0v) is 14.6. The van der Waals surface area contributed by atoms with Crippen LogP contribution in [0.4, 0.5) is 0 Å². The molecule has 2 unspecified atom stereocenters. The van der Waals surface area contributed by atoms with Crippen LogP contribution in [0.5, 0.6) is 5.75 Å². The summed E-state index contributed by atoms with van der Waals surface area (Å²) in [5, 5.41) is 3.59. The highest BCUT2D eigenvalue weighted by Gasteiger charge is 2.19. The summed E-state index contributed by atoms with van der Waals surface area (Å²) in [7, 11) is 1.70. The van der Waals surface area contributed by atoms with E-state index in [-0.39, 0.29) is 0 Å². The lowest BCUT2D eigenvalue weighted by molar-refractivity contribution is 0.00855. The van der Waals surface area contributed by atoms with Crippen LogP contribution in [0.15, 0.2) is 22.7 Å². The molecule has 1 aromatic carbocycles. The Morgan fingerprint density at radius 2 is 2.29 bits per heavy atom. The molecule has 1 N–H and O–H groups in total. The molecule has 1 fully saturated rings. The third-order valence-corrected chi connectivity index (χ3v) is 4.77. The minimum Gasteiger partial charge on any atom is -0.497 e. The predicted molar refractivity (Wildman–Crippen MR) is 89.9 cm³/mol. The van der Waals surface area contributed by atoms with Crippen LogP contribution in [0, 0.1) is 0 Å². The first kappa shape index (κ1) is 16.8. The van der Waals surface area contributed by atoms with E-state index in [1.165, 1.54) is 24.8 Å². The van der Waals surface area contributed by atoms with Gasteiger partial charge in [-0.1, -0.05) is 28.9 Å². The Hall–Kier alpha value is -0.580. The number of ether oxygens (including phenoxy) is 2. The van der Waals surface area contributed by atoms with Crippen LogP contribution < -0.4 is 10.1 Å². The van der Waals surface area contributed by atoms with Crippen LogP contribution in [-0.2, 0) is 4.74 Å². The molecular formula is C17H26BrNO2. The van der Waals surface area contributed by atoms with E-state index in [2.05, 4.69) is 34.2 Å². The summed E-state index contributed by atoms with van der Waals surface area (Å²) in [5.41, 5.74) is 1.30. The summed E-state index contributed by atoms with van der Waals surface area (Å²) in [5.74, 6) is 0.886. The molecule has 2 atom stereocenters. The fraction of sp³-hybridized carbons (Fsp3) is 0.647. The number of rotatable bonds is 7. The number of hydrogen-bond donors (Lipinski definition) is 1. The zero-order chi connectivity index (χ0) is 15.1. The average molecular weight is 356 g/mol. The van der Waals surface area contributed by atoms with Crippen LogP contribution in [0.1, 0.15) is 50.6 Å². The predicted octanol–water partition coefficient (Wildman–Crippen LogP) is 4.46. The van der Waals surface area contributed by atoms with Gasteiger partial charge in [0.05, 0.1) is 13.2 Å². The van der Waals surface area contributed by atoms with Crippen LogP contribution in [0.3, 0.4) is 0 Å². The smallest absolute Gasteiger partial charge is 0.120 e. The Morgan fingerprint density at radius 3 is 2.90 bits per heavy atom. The van der Waals surface area contributed by atoms with Gasteiger partial charge in [0.15, 0.2) is 0 Å². The van der Waals surface area contributed by atoms with Crippen molar-refractivity contribution in [2.75, 3.05) is 20.3 Å². The van der Waals surface area contributed by atoms with E-state index in [0.29, 0.717) is 12.1 Å². The quantitative estimate of drug-likeness (QED) is 0.783. The molecule has 0 saturated carbocycles. The number of nitrogens with one attached hydrogen (secondary N) is 1. The molecule has 0 aromatic heterocycles. The lowest BCUT2D eigenvalue weighted by Crippen LogP contribution is -2.25. The second kappa shape index (κ2) is 8.76. The SMILES string of the molecule is CCNC(CCC1CCCCO1)c1ccc(OC)cc1Br. The molecule has 0 radical (unpaired) electrons. The lowest BCUT2D eigenvalue weighted by Gasteiger charge is -2.26. The number of hydrogen-bond acceptors (Lipinski definition) is 3. The van der Waals surface area contributed by atoms with Crippen molar-refractivity contribution in [1.29, 1.82) is 0 Å². The molecule has 4 heteroatoms. The lowest BCUT2D eigenvalue weighted by atomic mass is 9.97. The van der Waals surface area contributed by atoms with E-state index in [1.807, 2.05) is 12.1 Å². The van der Waals surface area contributed by atoms with E-state index in [4.69, 9.17) is 9.47 Å². The minimum absolute atomic E-state index is 0.362. The molecule has 118 valence electrons. The molecule has 1 aromatic rings. The second-order valence-electron chi connectivity index (χ2n) is 5.56. The molecule has 1 heterocycles. The molecular weight excluding hydrogens is 330 g/mol. The van der Waals surface area contributed by atoms with Crippen LogP contribution in [0.2, 0.25) is 0 Å². The van der Waals surface area contributed by atoms with Gasteiger partial charge in [0.1, 0.15) is 5.75 Å². The minimum atomic E-state index is 0.362. The summed E-state index contributed by atoms with van der Waals surface area (Å²) < 4.78 is 12.2. The van der Waals surface area contributed by atoms with Gasteiger partial charge in [-0.3, -0.25) is 0 Å². The molecule has 21 heavy (non-hydrogen) atoms. The van der Waals surface area contributed by atoms with Crippen molar-refractivity contribution in [1.82, 2.24) is 5.32 Å². The van der Waals surface area contributed by atoms with Gasteiger partial charge in [-0.2, -0.15) is 0 Å². The number of benzene rings is 1. The molecule has 0 amide bonds. The van der Waals surface area contributed by atoms with Gasteiger partial charge in [-0.15, -0.1) is 0 Å². The average Bonchev–Trinajstić information content (AvgIpc) is 2.52. The van der Waals surface area contributed by atoms with E-state index >= 15 is 0 Å². The Morgan fingerprint density at radius 1 is 1.43 bits per heavy atom. The van der Waals surface area contributed by atoms with E-state index in [9.17, 15) is 0 Å². The first-order valence-corrected chi connectivity index (χ1v) is 8.72. The van der Waals surface area contributed by atoms with Crippen molar-refractivity contribution in [2.45, 2.75) is 51.2 Å². The fourth-order valence-corrected chi connectivity index (χ4v) is 3.55. The van der Waals surface area contributed by atoms with Crippen molar-refractivity contribution < 1.29 is 9.47 Å². The Kier molecular flexibility index (Phi) is 7.00. The Bertz CT molecular complexity index is 433. The van der Waals surface area contributed by atoms with E-state index < -0.39 is 0 Å². The molecule has 1 aliphatic rings. The molecule has 0 aliphatic carbocycles. The maximum atomic E-state index is 5.85. The number of halogens is 1. The largest absolute Gasteiger partial charge is 0.497 e. The van der Waals surface area contributed by atoms with Crippen molar-refractivity contribution in [2.24, 2.45) is 0 Å². The molecule has 1 saturated heterocycles. The van der Waals surface area contributed by atoms with Crippen LogP contribution in [0.25, 0.3) is 0 Å². The summed E-state index contributed by atoms with van der Waals surface area (Å²) in [4.78, 5) is 0. The van der Waals surface area contributed by atoms with Gasteiger partial charge < -0.3 is 14.8 Å². The maximum Gasteiger partial charge on any atom is 0.120 e.